The van der Waals surface area contributed by atoms with Crippen molar-refractivity contribution in [3.63, 3.8) is 0 Å². The summed E-state index contributed by atoms with van der Waals surface area (Å²) in [5.74, 6) is -2.20. The fourth-order valence-corrected chi connectivity index (χ4v) is 2.18. The topological polar surface area (TPSA) is 62.3 Å². The lowest BCUT2D eigenvalue weighted by molar-refractivity contribution is -0.185. The van der Waals surface area contributed by atoms with Crippen molar-refractivity contribution in [3.8, 4) is 0 Å². The Morgan fingerprint density at radius 1 is 1.36 bits per heavy atom. The van der Waals surface area contributed by atoms with E-state index in [2.05, 4.69) is 16.9 Å². The van der Waals surface area contributed by atoms with Crippen LogP contribution in [0.2, 0.25) is 0 Å². The Hall–Kier alpha value is -2.38. The molecule has 138 valence electrons. The van der Waals surface area contributed by atoms with Crippen molar-refractivity contribution < 1.29 is 22.8 Å². The number of hydrogen-bond acceptors (Lipinski definition) is 3. The van der Waals surface area contributed by atoms with Gasteiger partial charge in [-0.25, -0.2) is 0 Å². The maximum Gasteiger partial charge on any atom is 0.417 e. The monoisotopic (exact) mass is 357 g/mol. The molecule has 0 aromatic carbocycles. The van der Waals surface area contributed by atoms with Crippen molar-refractivity contribution in [1.82, 2.24) is 15.2 Å². The van der Waals surface area contributed by atoms with Gasteiger partial charge in [0.2, 0.25) is 6.04 Å². The largest absolute Gasteiger partial charge is 0.417 e. The summed E-state index contributed by atoms with van der Waals surface area (Å²) in [7, 11) is 0. The van der Waals surface area contributed by atoms with Crippen molar-refractivity contribution in [1.29, 1.82) is 0 Å². The highest BCUT2D eigenvalue weighted by Gasteiger charge is 2.51. The molecule has 0 spiro atoms. The summed E-state index contributed by atoms with van der Waals surface area (Å²) in [5, 5.41) is 2.13. The fraction of sp³-hybridized carbons (Fsp3) is 0.471. The van der Waals surface area contributed by atoms with E-state index in [0.29, 0.717) is 4.90 Å². The summed E-state index contributed by atoms with van der Waals surface area (Å²) in [4.78, 5) is 29.1. The van der Waals surface area contributed by atoms with Crippen molar-refractivity contribution in [2.75, 3.05) is 13.1 Å². The highest BCUT2D eigenvalue weighted by molar-refractivity contribution is 5.97. The van der Waals surface area contributed by atoms with Crippen LogP contribution < -0.4 is 5.32 Å². The molecule has 1 N–H and O–H groups in total. The molecule has 1 aromatic rings. The molecule has 0 aliphatic rings. The van der Waals surface area contributed by atoms with Gasteiger partial charge in [-0.2, -0.15) is 13.2 Å². The Bertz CT molecular complexity index is 610. The van der Waals surface area contributed by atoms with Crippen LogP contribution in [0, 0.1) is 5.41 Å². The quantitative estimate of drug-likeness (QED) is 0.797. The lowest BCUT2D eigenvalue weighted by Gasteiger charge is -2.36. The Labute approximate surface area is 144 Å². The van der Waals surface area contributed by atoms with E-state index in [1.54, 1.807) is 20.8 Å². The SMILES string of the molecule is C=CCNC(=O)C(N(CC(C)(C)C)C(=O)c1cccnc1)C(F)(F)F. The molecule has 2 amide bonds. The third-order valence-electron chi connectivity index (χ3n) is 3.10. The molecule has 0 saturated carbocycles. The lowest BCUT2D eigenvalue weighted by Crippen LogP contribution is -2.58. The zero-order chi connectivity index (χ0) is 19.3. The van der Waals surface area contributed by atoms with E-state index in [4.69, 9.17) is 0 Å². The second-order valence-corrected chi connectivity index (χ2v) is 6.71. The van der Waals surface area contributed by atoms with Crippen LogP contribution in [-0.4, -0.2) is 47.0 Å². The fourth-order valence-electron chi connectivity index (χ4n) is 2.18. The van der Waals surface area contributed by atoms with Crippen molar-refractivity contribution in [2.45, 2.75) is 33.0 Å². The highest BCUT2D eigenvalue weighted by atomic mass is 19.4. The molecule has 0 aliphatic heterocycles. The number of alkyl halides is 3. The summed E-state index contributed by atoms with van der Waals surface area (Å²) in [5.41, 5.74) is -0.669. The number of carbonyl (C=O) groups excluding carboxylic acids is 2. The van der Waals surface area contributed by atoms with E-state index in [-0.39, 0.29) is 18.7 Å². The van der Waals surface area contributed by atoms with Gasteiger partial charge in [0.1, 0.15) is 0 Å². The number of carbonyl (C=O) groups is 2. The summed E-state index contributed by atoms with van der Waals surface area (Å²) in [6, 6.07) is 0.211. The molecule has 1 rings (SSSR count). The average Bonchev–Trinajstić information content (AvgIpc) is 2.49. The number of rotatable bonds is 6. The standard InChI is InChI=1S/C17H22F3N3O2/c1-5-8-22-14(24)13(17(18,19)20)23(11-16(2,3)4)15(25)12-7-6-9-21-10-12/h5-7,9-10,13H,1,8,11H2,2-4H3,(H,22,24). The predicted octanol–water partition coefficient (Wildman–Crippen LogP) is 2.80. The summed E-state index contributed by atoms with van der Waals surface area (Å²) in [6.07, 6.45) is -1.08. The van der Waals surface area contributed by atoms with Gasteiger partial charge in [-0.1, -0.05) is 26.8 Å². The predicted molar refractivity (Wildman–Crippen MR) is 87.8 cm³/mol. The average molecular weight is 357 g/mol. The van der Waals surface area contributed by atoms with E-state index in [9.17, 15) is 22.8 Å². The van der Waals surface area contributed by atoms with Crippen LogP contribution in [0.5, 0.6) is 0 Å². The molecule has 5 nitrogen and oxygen atoms in total. The number of amides is 2. The smallest absolute Gasteiger partial charge is 0.351 e. The van der Waals surface area contributed by atoms with Gasteiger partial charge in [0.05, 0.1) is 5.56 Å². The third-order valence-corrected chi connectivity index (χ3v) is 3.10. The molecule has 0 saturated heterocycles. The first-order valence-corrected chi connectivity index (χ1v) is 7.63. The van der Waals surface area contributed by atoms with E-state index in [0.717, 1.165) is 0 Å². The van der Waals surface area contributed by atoms with Gasteiger partial charge in [0.15, 0.2) is 0 Å². The number of pyridine rings is 1. The first-order chi connectivity index (χ1) is 11.5. The Morgan fingerprint density at radius 3 is 2.44 bits per heavy atom. The molecule has 0 aliphatic carbocycles. The van der Waals surface area contributed by atoms with Crippen molar-refractivity contribution in [3.05, 3.63) is 42.7 Å². The summed E-state index contributed by atoms with van der Waals surface area (Å²) < 4.78 is 40.8. The normalized spacial score (nSPS) is 13.0. The molecule has 1 unspecified atom stereocenters. The number of nitrogens with zero attached hydrogens (tertiary/aromatic N) is 2. The molecule has 1 atom stereocenters. The molecule has 25 heavy (non-hydrogen) atoms. The van der Waals surface area contributed by atoms with E-state index in [1.165, 1.54) is 30.6 Å². The van der Waals surface area contributed by atoms with Gasteiger partial charge in [-0.05, 0) is 17.5 Å². The number of nitrogens with one attached hydrogen (secondary N) is 1. The van der Waals surface area contributed by atoms with Gasteiger partial charge >= 0.3 is 6.18 Å². The van der Waals surface area contributed by atoms with Gasteiger partial charge < -0.3 is 10.2 Å². The minimum absolute atomic E-state index is 0.0162. The molecule has 0 fully saturated rings. The summed E-state index contributed by atoms with van der Waals surface area (Å²) in [6.45, 7) is 8.03. The van der Waals surface area contributed by atoms with Crippen LogP contribution in [0.1, 0.15) is 31.1 Å². The van der Waals surface area contributed by atoms with Crippen LogP contribution in [0.4, 0.5) is 13.2 Å². The van der Waals surface area contributed by atoms with Crippen molar-refractivity contribution >= 4 is 11.8 Å². The van der Waals surface area contributed by atoms with Crippen LogP contribution in [0.3, 0.4) is 0 Å². The third kappa shape index (κ3) is 6.21. The van der Waals surface area contributed by atoms with Crippen molar-refractivity contribution in [2.24, 2.45) is 5.41 Å². The second-order valence-electron chi connectivity index (χ2n) is 6.71. The van der Waals surface area contributed by atoms with Crippen LogP contribution >= 0.6 is 0 Å². The zero-order valence-electron chi connectivity index (χ0n) is 14.4. The molecule has 0 bridgehead atoms. The first kappa shape index (κ1) is 20.7. The molecule has 8 heteroatoms. The maximum absolute atomic E-state index is 13.6. The Kier molecular flexibility index (Phi) is 6.72. The van der Waals surface area contributed by atoms with E-state index in [1.807, 2.05) is 0 Å². The Morgan fingerprint density at radius 2 is 2.00 bits per heavy atom. The van der Waals surface area contributed by atoms with Crippen LogP contribution in [0.25, 0.3) is 0 Å². The molecule has 1 aromatic heterocycles. The van der Waals surface area contributed by atoms with Gasteiger partial charge in [-0.15, -0.1) is 6.58 Å². The first-order valence-electron chi connectivity index (χ1n) is 7.63. The highest BCUT2D eigenvalue weighted by Crippen LogP contribution is 2.29. The van der Waals surface area contributed by atoms with Crippen LogP contribution in [0.15, 0.2) is 37.2 Å². The number of hydrogen-bond donors (Lipinski definition) is 1. The van der Waals surface area contributed by atoms with Crippen LogP contribution in [-0.2, 0) is 4.79 Å². The van der Waals surface area contributed by atoms with E-state index >= 15 is 0 Å². The maximum atomic E-state index is 13.6. The second kappa shape index (κ2) is 8.13. The number of halogens is 3. The minimum Gasteiger partial charge on any atom is -0.351 e. The van der Waals surface area contributed by atoms with E-state index < -0.39 is 29.4 Å². The van der Waals surface area contributed by atoms with Gasteiger partial charge in [-0.3, -0.25) is 14.6 Å². The minimum atomic E-state index is -4.92. The molecule has 1 heterocycles. The molecular weight excluding hydrogens is 335 g/mol. The Balaban J connectivity index is 3.32. The van der Waals surface area contributed by atoms with Gasteiger partial charge in [0, 0.05) is 25.5 Å². The zero-order valence-corrected chi connectivity index (χ0v) is 14.4. The lowest BCUT2D eigenvalue weighted by atomic mass is 9.94. The van der Waals surface area contributed by atoms with Gasteiger partial charge in [0.25, 0.3) is 11.8 Å². The molecular formula is C17H22F3N3O2. The summed E-state index contributed by atoms with van der Waals surface area (Å²) >= 11 is 0. The molecule has 0 radical (unpaired) electrons. The number of aromatic nitrogens is 1.